The third-order valence-electron chi connectivity index (χ3n) is 4.68. The van der Waals surface area contributed by atoms with E-state index >= 15 is 0 Å². The van der Waals surface area contributed by atoms with E-state index < -0.39 is 44.5 Å². The van der Waals surface area contributed by atoms with Crippen molar-refractivity contribution in [2.75, 3.05) is 5.32 Å². The van der Waals surface area contributed by atoms with Crippen molar-refractivity contribution in [3.63, 3.8) is 0 Å². The SMILES string of the molecule is O=C(NO)c1ccc(NC(=O)[C@@H](NS(=O)(=O)c2ccc(C(F)(F)F)cc2)c2ccccc2)cc1. The maximum Gasteiger partial charge on any atom is 0.416 e. The topological polar surface area (TPSA) is 125 Å². The van der Waals surface area contributed by atoms with E-state index in [4.69, 9.17) is 5.21 Å². The van der Waals surface area contributed by atoms with Gasteiger partial charge in [0.25, 0.3) is 5.91 Å². The van der Waals surface area contributed by atoms with Gasteiger partial charge in [-0.05, 0) is 54.1 Å². The second-order valence-corrected chi connectivity index (χ2v) is 8.71. The van der Waals surface area contributed by atoms with Gasteiger partial charge in [0.2, 0.25) is 15.9 Å². The molecular formula is C22H18F3N3O5S. The summed E-state index contributed by atoms with van der Waals surface area (Å²) in [5, 5.41) is 11.2. The van der Waals surface area contributed by atoms with Gasteiger partial charge in [0.15, 0.2) is 0 Å². The largest absolute Gasteiger partial charge is 0.416 e. The van der Waals surface area contributed by atoms with Gasteiger partial charge >= 0.3 is 6.18 Å². The number of alkyl halides is 3. The number of carbonyl (C=O) groups excluding carboxylic acids is 2. The summed E-state index contributed by atoms with van der Waals surface area (Å²) >= 11 is 0. The molecule has 0 unspecified atom stereocenters. The lowest BCUT2D eigenvalue weighted by molar-refractivity contribution is -0.137. The van der Waals surface area contributed by atoms with Crippen molar-refractivity contribution in [3.8, 4) is 0 Å². The summed E-state index contributed by atoms with van der Waals surface area (Å²) in [7, 11) is -4.39. The van der Waals surface area contributed by atoms with Crippen LogP contribution >= 0.6 is 0 Å². The minimum absolute atomic E-state index is 0.114. The number of hydroxylamine groups is 1. The Morgan fingerprint density at radius 3 is 1.97 bits per heavy atom. The van der Waals surface area contributed by atoms with Gasteiger partial charge in [-0.1, -0.05) is 30.3 Å². The van der Waals surface area contributed by atoms with Crippen LogP contribution in [-0.2, 0) is 21.0 Å². The standard InChI is InChI=1S/C22H18F3N3O5S/c23-22(24,25)16-8-12-18(13-9-16)34(32,33)28-19(14-4-2-1-3-5-14)21(30)26-17-10-6-15(7-11-17)20(29)27-31/h1-13,19,28,31H,(H,26,30)(H,27,29)/t19-/m0/s1. The number of benzene rings is 3. The molecule has 0 aromatic heterocycles. The number of amides is 2. The fourth-order valence-corrected chi connectivity index (χ4v) is 4.13. The van der Waals surface area contributed by atoms with Gasteiger partial charge in [0.1, 0.15) is 6.04 Å². The lowest BCUT2D eigenvalue weighted by Gasteiger charge is -2.19. The quantitative estimate of drug-likeness (QED) is 0.296. The summed E-state index contributed by atoms with van der Waals surface area (Å²) in [6, 6.07) is 14.7. The molecular weight excluding hydrogens is 475 g/mol. The summed E-state index contributed by atoms with van der Waals surface area (Å²) in [5.41, 5.74) is 1.09. The summed E-state index contributed by atoms with van der Waals surface area (Å²) in [5.74, 6) is -1.54. The van der Waals surface area contributed by atoms with Crippen molar-refractivity contribution in [1.29, 1.82) is 0 Å². The molecule has 0 aliphatic heterocycles. The van der Waals surface area contributed by atoms with Gasteiger partial charge in [-0.25, -0.2) is 13.9 Å². The highest BCUT2D eigenvalue weighted by Gasteiger charge is 2.32. The maximum atomic E-state index is 13.0. The minimum Gasteiger partial charge on any atom is -0.324 e. The number of halogens is 3. The zero-order valence-corrected chi connectivity index (χ0v) is 18.0. The number of anilines is 1. The van der Waals surface area contributed by atoms with Crippen LogP contribution in [0, 0.1) is 0 Å². The van der Waals surface area contributed by atoms with E-state index in [-0.39, 0.29) is 16.8 Å². The molecule has 0 aliphatic carbocycles. The van der Waals surface area contributed by atoms with Crippen LogP contribution in [-0.4, -0.2) is 25.4 Å². The molecule has 0 bridgehead atoms. The molecule has 3 rings (SSSR count). The van der Waals surface area contributed by atoms with Crippen molar-refractivity contribution < 1.29 is 36.4 Å². The van der Waals surface area contributed by atoms with E-state index in [0.717, 1.165) is 12.1 Å². The normalized spacial score (nSPS) is 12.6. The number of rotatable bonds is 7. The average Bonchev–Trinajstić information content (AvgIpc) is 2.82. The Labute approximate surface area is 192 Å². The molecule has 178 valence electrons. The van der Waals surface area contributed by atoms with Gasteiger partial charge < -0.3 is 5.32 Å². The number of nitrogens with one attached hydrogen (secondary N) is 3. The second-order valence-electron chi connectivity index (χ2n) is 6.99. The fraction of sp³-hybridized carbons (Fsp3) is 0.0909. The molecule has 0 fully saturated rings. The first kappa shape index (κ1) is 24.9. The van der Waals surface area contributed by atoms with E-state index in [9.17, 15) is 31.2 Å². The van der Waals surface area contributed by atoms with E-state index in [1.54, 1.807) is 18.2 Å². The number of carbonyl (C=O) groups is 2. The zero-order valence-electron chi connectivity index (χ0n) is 17.2. The third kappa shape index (κ3) is 5.98. The molecule has 0 spiro atoms. The van der Waals surface area contributed by atoms with Crippen LogP contribution in [0.25, 0.3) is 0 Å². The highest BCUT2D eigenvalue weighted by Crippen LogP contribution is 2.30. The third-order valence-corrected chi connectivity index (χ3v) is 6.11. The molecule has 34 heavy (non-hydrogen) atoms. The highest BCUT2D eigenvalue weighted by atomic mass is 32.2. The lowest BCUT2D eigenvalue weighted by Crippen LogP contribution is -2.37. The van der Waals surface area contributed by atoms with Crippen LogP contribution in [0.1, 0.15) is 27.5 Å². The lowest BCUT2D eigenvalue weighted by atomic mass is 10.1. The average molecular weight is 493 g/mol. The number of hydrogen-bond donors (Lipinski definition) is 4. The first-order valence-corrected chi connectivity index (χ1v) is 11.1. The van der Waals surface area contributed by atoms with E-state index in [1.165, 1.54) is 41.9 Å². The van der Waals surface area contributed by atoms with Crippen LogP contribution in [0.4, 0.5) is 18.9 Å². The van der Waals surface area contributed by atoms with Gasteiger partial charge in [0, 0.05) is 11.3 Å². The molecule has 3 aromatic rings. The summed E-state index contributed by atoms with van der Waals surface area (Å²) in [4.78, 5) is 23.9. The second kappa shape index (κ2) is 10.0. The Bertz CT molecular complexity index is 1260. The molecule has 0 saturated carbocycles. The number of sulfonamides is 1. The van der Waals surface area contributed by atoms with Gasteiger partial charge in [-0.2, -0.15) is 17.9 Å². The maximum absolute atomic E-state index is 13.0. The first-order valence-electron chi connectivity index (χ1n) is 9.61. The van der Waals surface area contributed by atoms with Gasteiger partial charge in [0.05, 0.1) is 10.5 Å². The predicted molar refractivity (Wildman–Crippen MR) is 115 cm³/mol. The van der Waals surface area contributed by atoms with Crippen LogP contribution < -0.4 is 15.5 Å². The van der Waals surface area contributed by atoms with E-state index in [0.29, 0.717) is 12.1 Å². The minimum atomic E-state index is -4.63. The van der Waals surface area contributed by atoms with Gasteiger partial charge in [-0.15, -0.1) is 0 Å². The fourth-order valence-electron chi connectivity index (χ4n) is 2.95. The van der Waals surface area contributed by atoms with Crippen molar-refractivity contribution in [1.82, 2.24) is 10.2 Å². The summed E-state index contributed by atoms with van der Waals surface area (Å²) < 4.78 is 66.3. The van der Waals surface area contributed by atoms with E-state index in [1.807, 2.05) is 0 Å². The highest BCUT2D eigenvalue weighted by molar-refractivity contribution is 7.89. The smallest absolute Gasteiger partial charge is 0.324 e. The summed E-state index contributed by atoms with van der Waals surface area (Å²) in [6.45, 7) is 0. The molecule has 0 radical (unpaired) electrons. The van der Waals surface area contributed by atoms with Crippen LogP contribution in [0.15, 0.2) is 83.8 Å². The molecule has 2 amide bonds. The van der Waals surface area contributed by atoms with Crippen LogP contribution in [0.3, 0.4) is 0 Å². The van der Waals surface area contributed by atoms with E-state index in [2.05, 4.69) is 10.0 Å². The molecule has 3 aromatic carbocycles. The van der Waals surface area contributed by atoms with Gasteiger partial charge in [-0.3, -0.25) is 14.8 Å². The Morgan fingerprint density at radius 1 is 0.853 bits per heavy atom. The van der Waals surface area contributed by atoms with Crippen LogP contribution in [0.5, 0.6) is 0 Å². The Morgan fingerprint density at radius 2 is 1.44 bits per heavy atom. The monoisotopic (exact) mass is 493 g/mol. The first-order chi connectivity index (χ1) is 16.0. The molecule has 0 aliphatic rings. The van der Waals surface area contributed by atoms with Crippen molar-refractivity contribution >= 4 is 27.5 Å². The van der Waals surface area contributed by atoms with Crippen molar-refractivity contribution in [3.05, 3.63) is 95.6 Å². The Hall–Kier alpha value is -3.74. The Kier molecular flexibility index (Phi) is 7.35. The molecule has 0 heterocycles. The molecule has 4 N–H and O–H groups in total. The number of hydrogen-bond acceptors (Lipinski definition) is 5. The van der Waals surface area contributed by atoms with Crippen LogP contribution in [0.2, 0.25) is 0 Å². The molecule has 1 atom stereocenters. The predicted octanol–water partition coefficient (Wildman–Crippen LogP) is 3.48. The zero-order chi connectivity index (χ0) is 24.9. The molecule has 8 nitrogen and oxygen atoms in total. The molecule has 0 saturated heterocycles. The van der Waals surface area contributed by atoms with Crippen molar-refractivity contribution in [2.24, 2.45) is 0 Å². The summed E-state index contributed by atoms with van der Waals surface area (Å²) in [6.07, 6.45) is -4.63. The van der Waals surface area contributed by atoms with Crippen molar-refractivity contribution in [2.45, 2.75) is 17.1 Å². The molecule has 12 heteroatoms. The Balaban J connectivity index is 1.86.